The molecular weight excluding hydrogens is 278 g/mol. The van der Waals surface area contributed by atoms with Crippen LogP contribution in [0.3, 0.4) is 0 Å². The maximum Gasteiger partial charge on any atom is 0.313 e. The zero-order chi connectivity index (χ0) is 14.8. The van der Waals surface area contributed by atoms with Gasteiger partial charge in [-0.2, -0.15) is 0 Å². The number of hydrogen-bond donors (Lipinski definition) is 1. The summed E-state index contributed by atoms with van der Waals surface area (Å²) in [6.07, 6.45) is 0.737. The third-order valence-electron chi connectivity index (χ3n) is 2.53. The van der Waals surface area contributed by atoms with Crippen molar-refractivity contribution in [1.29, 1.82) is 0 Å². The molecule has 0 saturated carbocycles. The van der Waals surface area contributed by atoms with Crippen LogP contribution < -0.4 is 4.74 Å². The number of rotatable bonds is 9. The van der Waals surface area contributed by atoms with Crippen molar-refractivity contribution in [2.24, 2.45) is 0 Å². The molecular formula is C14H19NO4S. The van der Waals surface area contributed by atoms with Gasteiger partial charge in [-0.3, -0.25) is 9.59 Å². The summed E-state index contributed by atoms with van der Waals surface area (Å²) < 4.78 is 5.53. The van der Waals surface area contributed by atoms with Crippen LogP contribution in [0.4, 0.5) is 0 Å². The van der Waals surface area contributed by atoms with Gasteiger partial charge < -0.3 is 14.7 Å². The Kier molecular flexibility index (Phi) is 7.57. The van der Waals surface area contributed by atoms with Crippen LogP contribution in [-0.2, 0) is 9.59 Å². The Bertz CT molecular complexity index is 424. The summed E-state index contributed by atoms with van der Waals surface area (Å²) >= 11 is 1.11. The number of benzene rings is 1. The van der Waals surface area contributed by atoms with Gasteiger partial charge in [0.05, 0.1) is 18.1 Å². The molecule has 1 aromatic rings. The summed E-state index contributed by atoms with van der Waals surface area (Å²) in [4.78, 5) is 23.6. The lowest BCUT2D eigenvalue weighted by Gasteiger charge is -2.16. The minimum atomic E-state index is -0.901. The first-order valence-electron chi connectivity index (χ1n) is 6.31. The Labute approximate surface area is 122 Å². The van der Waals surface area contributed by atoms with Crippen molar-refractivity contribution in [3.05, 3.63) is 30.3 Å². The average molecular weight is 297 g/mol. The number of para-hydroxylation sites is 1. The molecule has 0 atom stereocenters. The topological polar surface area (TPSA) is 66.8 Å². The molecule has 0 radical (unpaired) electrons. The van der Waals surface area contributed by atoms with Gasteiger partial charge in [0.2, 0.25) is 5.91 Å². The van der Waals surface area contributed by atoms with E-state index in [1.165, 1.54) is 0 Å². The highest BCUT2D eigenvalue weighted by Crippen LogP contribution is 2.08. The molecule has 0 spiro atoms. The lowest BCUT2D eigenvalue weighted by Crippen LogP contribution is -2.30. The van der Waals surface area contributed by atoms with Crippen molar-refractivity contribution in [2.45, 2.75) is 6.42 Å². The van der Waals surface area contributed by atoms with Crippen LogP contribution >= 0.6 is 11.8 Å². The number of carboxylic acid groups (broad SMARTS) is 1. The molecule has 0 unspecified atom stereocenters. The summed E-state index contributed by atoms with van der Waals surface area (Å²) in [6, 6.07) is 9.51. The predicted octanol–water partition coefficient (Wildman–Crippen LogP) is 1.73. The summed E-state index contributed by atoms with van der Waals surface area (Å²) in [5, 5.41) is 8.48. The molecule has 0 aliphatic rings. The van der Waals surface area contributed by atoms with E-state index in [1.54, 1.807) is 11.9 Å². The first kappa shape index (κ1) is 16.4. The normalized spacial score (nSPS) is 10.1. The Morgan fingerprint density at radius 2 is 1.95 bits per heavy atom. The van der Waals surface area contributed by atoms with E-state index >= 15 is 0 Å². The number of carbonyl (C=O) groups is 2. The molecule has 0 saturated heterocycles. The van der Waals surface area contributed by atoms with Gasteiger partial charge in [0.1, 0.15) is 5.75 Å². The summed E-state index contributed by atoms with van der Waals surface area (Å²) in [5.74, 6) is 0.00939. The zero-order valence-corrected chi connectivity index (χ0v) is 12.3. The number of amides is 1. The second kappa shape index (κ2) is 9.25. The van der Waals surface area contributed by atoms with Crippen molar-refractivity contribution in [3.8, 4) is 5.75 Å². The van der Waals surface area contributed by atoms with Gasteiger partial charge >= 0.3 is 5.97 Å². The standard InChI is InChI=1S/C14H19NO4S/c1-15(13(16)10-20-11-14(17)18)8-5-9-19-12-6-3-2-4-7-12/h2-4,6-7H,5,8-11H2,1H3,(H,17,18). The molecule has 1 aromatic carbocycles. The Balaban J connectivity index is 2.11. The third-order valence-corrected chi connectivity index (χ3v) is 3.43. The molecule has 5 nitrogen and oxygen atoms in total. The van der Waals surface area contributed by atoms with E-state index in [9.17, 15) is 9.59 Å². The molecule has 20 heavy (non-hydrogen) atoms. The molecule has 0 heterocycles. The Hall–Kier alpha value is -1.69. The van der Waals surface area contributed by atoms with E-state index in [4.69, 9.17) is 9.84 Å². The van der Waals surface area contributed by atoms with E-state index in [0.717, 1.165) is 23.9 Å². The van der Waals surface area contributed by atoms with Crippen LogP contribution in [0.15, 0.2) is 30.3 Å². The second-order valence-electron chi connectivity index (χ2n) is 4.22. The third kappa shape index (κ3) is 7.04. The largest absolute Gasteiger partial charge is 0.494 e. The fourth-order valence-corrected chi connectivity index (χ4v) is 2.14. The highest BCUT2D eigenvalue weighted by Gasteiger charge is 2.09. The minimum absolute atomic E-state index is 0.0449. The van der Waals surface area contributed by atoms with Crippen LogP contribution in [-0.4, -0.2) is 53.6 Å². The molecule has 1 amide bonds. The predicted molar refractivity (Wildman–Crippen MR) is 79.2 cm³/mol. The van der Waals surface area contributed by atoms with E-state index in [2.05, 4.69) is 0 Å². The fourth-order valence-electron chi connectivity index (χ4n) is 1.47. The highest BCUT2D eigenvalue weighted by atomic mass is 32.2. The van der Waals surface area contributed by atoms with Gasteiger partial charge in [0, 0.05) is 13.6 Å². The summed E-state index contributed by atoms with van der Waals surface area (Å²) in [6.45, 7) is 1.14. The van der Waals surface area contributed by atoms with E-state index in [-0.39, 0.29) is 17.4 Å². The van der Waals surface area contributed by atoms with Crippen LogP contribution in [0, 0.1) is 0 Å². The van der Waals surface area contributed by atoms with E-state index in [1.807, 2.05) is 30.3 Å². The number of hydrogen-bond acceptors (Lipinski definition) is 4. The molecule has 0 fully saturated rings. The lowest BCUT2D eigenvalue weighted by molar-refractivity contribution is -0.133. The van der Waals surface area contributed by atoms with Gasteiger partial charge in [-0.15, -0.1) is 11.8 Å². The van der Waals surface area contributed by atoms with E-state index in [0.29, 0.717) is 13.2 Å². The van der Waals surface area contributed by atoms with Crippen molar-refractivity contribution >= 4 is 23.6 Å². The van der Waals surface area contributed by atoms with Crippen molar-refractivity contribution in [2.75, 3.05) is 31.7 Å². The van der Waals surface area contributed by atoms with Gasteiger partial charge in [-0.1, -0.05) is 18.2 Å². The van der Waals surface area contributed by atoms with E-state index < -0.39 is 5.97 Å². The molecule has 0 aliphatic carbocycles. The SMILES string of the molecule is CN(CCCOc1ccccc1)C(=O)CSCC(=O)O. The Morgan fingerprint density at radius 1 is 1.25 bits per heavy atom. The van der Waals surface area contributed by atoms with Crippen LogP contribution in [0.25, 0.3) is 0 Å². The number of ether oxygens (including phenoxy) is 1. The maximum atomic E-state index is 11.7. The quantitative estimate of drug-likeness (QED) is 0.703. The fraction of sp³-hybridized carbons (Fsp3) is 0.429. The molecule has 0 aromatic heterocycles. The first-order chi connectivity index (χ1) is 9.59. The van der Waals surface area contributed by atoms with Gasteiger partial charge in [0.25, 0.3) is 0 Å². The minimum Gasteiger partial charge on any atom is -0.494 e. The van der Waals surface area contributed by atoms with Crippen molar-refractivity contribution in [3.63, 3.8) is 0 Å². The van der Waals surface area contributed by atoms with Gasteiger partial charge in [-0.05, 0) is 18.6 Å². The summed E-state index contributed by atoms with van der Waals surface area (Å²) in [7, 11) is 1.71. The molecule has 0 aliphatic heterocycles. The second-order valence-corrected chi connectivity index (χ2v) is 5.20. The van der Waals surface area contributed by atoms with Gasteiger partial charge in [-0.25, -0.2) is 0 Å². The maximum absolute atomic E-state index is 11.7. The van der Waals surface area contributed by atoms with Gasteiger partial charge in [0.15, 0.2) is 0 Å². The van der Waals surface area contributed by atoms with Crippen LogP contribution in [0.1, 0.15) is 6.42 Å². The number of aliphatic carboxylic acids is 1. The number of carboxylic acids is 1. The zero-order valence-electron chi connectivity index (χ0n) is 11.4. The number of nitrogens with zero attached hydrogens (tertiary/aromatic N) is 1. The highest BCUT2D eigenvalue weighted by molar-refractivity contribution is 8.00. The van der Waals surface area contributed by atoms with Crippen LogP contribution in [0.2, 0.25) is 0 Å². The number of thioether (sulfide) groups is 1. The molecule has 6 heteroatoms. The summed E-state index contributed by atoms with van der Waals surface area (Å²) in [5.41, 5.74) is 0. The number of carbonyl (C=O) groups excluding carboxylic acids is 1. The molecule has 1 N–H and O–H groups in total. The first-order valence-corrected chi connectivity index (χ1v) is 7.46. The average Bonchev–Trinajstić information content (AvgIpc) is 2.44. The molecule has 0 bridgehead atoms. The van der Waals surface area contributed by atoms with Crippen molar-refractivity contribution < 1.29 is 19.4 Å². The lowest BCUT2D eigenvalue weighted by atomic mass is 10.3. The van der Waals surface area contributed by atoms with Crippen LogP contribution in [0.5, 0.6) is 5.75 Å². The molecule has 110 valence electrons. The monoisotopic (exact) mass is 297 g/mol. The molecule has 1 rings (SSSR count). The smallest absolute Gasteiger partial charge is 0.313 e. The Morgan fingerprint density at radius 3 is 2.60 bits per heavy atom. The van der Waals surface area contributed by atoms with Crippen molar-refractivity contribution in [1.82, 2.24) is 4.90 Å².